The molecule has 0 fully saturated rings. The van der Waals surface area contributed by atoms with E-state index in [1.807, 2.05) is 46.9 Å². The van der Waals surface area contributed by atoms with Crippen molar-refractivity contribution in [3.05, 3.63) is 0 Å². The first-order valence-corrected chi connectivity index (χ1v) is 11.5. The number of hydrogen-bond acceptors (Lipinski definition) is 4. The summed E-state index contributed by atoms with van der Waals surface area (Å²) in [5.41, 5.74) is -0.0192. The van der Waals surface area contributed by atoms with Gasteiger partial charge < -0.3 is 19.6 Å². The molecule has 0 aliphatic heterocycles. The van der Waals surface area contributed by atoms with Crippen LogP contribution in [0.3, 0.4) is 0 Å². The van der Waals surface area contributed by atoms with Crippen molar-refractivity contribution in [2.24, 2.45) is 0 Å². The molecule has 0 bridgehead atoms. The van der Waals surface area contributed by atoms with Crippen molar-refractivity contribution >= 4 is 20.4 Å². The fourth-order valence-corrected chi connectivity index (χ4v) is 9.23. The Balaban J connectivity index is 6.05. The molecule has 0 saturated heterocycles. The average Bonchev–Trinajstić information content (AvgIpc) is 2.42. The number of nitrogens with one attached hydrogen (secondary N) is 1. The zero-order valence-electron chi connectivity index (χ0n) is 17.8. The van der Waals surface area contributed by atoms with Gasteiger partial charge in [-0.25, -0.2) is 18.4 Å². The van der Waals surface area contributed by atoms with E-state index in [0.717, 1.165) is 0 Å². The Morgan fingerprint density at radius 2 is 1.37 bits per heavy atom. The number of carboxylic acids is 1. The summed E-state index contributed by atoms with van der Waals surface area (Å²) in [5, 5.41) is 11.7. The first-order valence-electron chi connectivity index (χ1n) is 9.32. The van der Waals surface area contributed by atoms with Crippen LogP contribution in [0.4, 0.5) is 13.6 Å². The Kier molecular flexibility index (Phi) is 9.37. The lowest BCUT2D eigenvalue weighted by molar-refractivity contribution is -0.153. The zero-order chi connectivity index (χ0) is 21.7. The minimum Gasteiger partial charge on any atom is -0.479 e. The van der Waals surface area contributed by atoms with Crippen molar-refractivity contribution in [1.29, 1.82) is 0 Å². The van der Waals surface area contributed by atoms with Crippen LogP contribution in [0.25, 0.3) is 0 Å². The van der Waals surface area contributed by atoms with Crippen LogP contribution in [0.2, 0.25) is 16.6 Å². The first kappa shape index (κ1) is 25.8. The molecule has 0 unspecified atom stereocenters. The van der Waals surface area contributed by atoms with Gasteiger partial charge in [0, 0.05) is 6.92 Å². The molecule has 6 nitrogen and oxygen atoms in total. The predicted molar refractivity (Wildman–Crippen MR) is 103 cm³/mol. The average molecular weight is 412 g/mol. The molecule has 0 heterocycles. The van der Waals surface area contributed by atoms with E-state index in [-0.39, 0.29) is 16.6 Å². The summed E-state index contributed by atoms with van der Waals surface area (Å²) in [6, 6.07) is -2.05. The number of rotatable bonds is 10. The zero-order valence-corrected chi connectivity index (χ0v) is 18.8. The van der Waals surface area contributed by atoms with Crippen LogP contribution in [0.1, 0.15) is 62.3 Å². The number of hydrogen-bond donors (Lipinski definition) is 2. The highest BCUT2D eigenvalue weighted by molar-refractivity contribution is 6.77. The van der Waals surface area contributed by atoms with Gasteiger partial charge in [0.25, 0.3) is 5.92 Å². The second-order valence-electron chi connectivity index (χ2n) is 8.23. The number of alkyl carbamates (subject to hydrolysis) is 1. The van der Waals surface area contributed by atoms with Crippen molar-refractivity contribution < 1.29 is 32.6 Å². The molecular weight excluding hydrogens is 376 g/mol. The van der Waals surface area contributed by atoms with E-state index in [1.165, 1.54) is 0 Å². The molecule has 0 aromatic heterocycles. The summed E-state index contributed by atoms with van der Waals surface area (Å²) in [5.74, 6) is -5.06. The number of alkyl halides is 2. The largest absolute Gasteiger partial charge is 0.479 e. The molecule has 0 rings (SSSR count). The van der Waals surface area contributed by atoms with E-state index >= 15 is 0 Å². The van der Waals surface area contributed by atoms with E-state index in [1.54, 1.807) is 13.8 Å². The molecule has 0 aromatic rings. The Bertz CT molecular complexity index is 485. The number of carbonyl (C=O) groups is 2. The van der Waals surface area contributed by atoms with E-state index in [0.29, 0.717) is 6.92 Å². The highest BCUT2D eigenvalue weighted by Gasteiger charge is 2.53. The van der Waals surface area contributed by atoms with Crippen LogP contribution in [-0.2, 0) is 14.0 Å². The van der Waals surface area contributed by atoms with E-state index in [9.17, 15) is 23.5 Å². The summed E-state index contributed by atoms with van der Waals surface area (Å²) in [6.07, 6.45) is -3.52. The quantitative estimate of drug-likeness (QED) is 0.505. The fourth-order valence-electron chi connectivity index (χ4n) is 3.73. The van der Waals surface area contributed by atoms with Crippen molar-refractivity contribution in [2.45, 2.75) is 103 Å². The van der Waals surface area contributed by atoms with Gasteiger partial charge in [0.15, 0.2) is 6.10 Å². The van der Waals surface area contributed by atoms with Gasteiger partial charge in [0.1, 0.15) is 6.04 Å². The lowest BCUT2D eigenvalue weighted by atomic mass is 10.1. The smallest absolute Gasteiger partial charge is 0.407 e. The minimum absolute atomic E-state index is 0.00639. The molecule has 0 aliphatic carbocycles. The van der Waals surface area contributed by atoms with Gasteiger partial charge in [0.2, 0.25) is 8.32 Å². The number of amides is 1. The van der Waals surface area contributed by atoms with Crippen LogP contribution in [-0.4, -0.2) is 49.7 Å². The second kappa shape index (κ2) is 9.82. The third-order valence-corrected chi connectivity index (χ3v) is 10.8. The molecule has 2 atom stereocenters. The highest BCUT2D eigenvalue weighted by Crippen LogP contribution is 2.44. The van der Waals surface area contributed by atoms with Crippen LogP contribution in [0.15, 0.2) is 0 Å². The summed E-state index contributed by atoms with van der Waals surface area (Å²) in [7, 11) is -2.78. The highest BCUT2D eigenvalue weighted by atomic mass is 28.4. The Labute approximate surface area is 162 Å². The fraction of sp³-hybridized carbons (Fsp3) is 0.889. The van der Waals surface area contributed by atoms with Gasteiger partial charge in [0.05, 0.1) is 6.10 Å². The van der Waals surface area contributed by atoms with E-state index in [2.05, 4.69) is 0 Å². The number of carbonyl (C=O) groups excluding carboxylic acids is 1. The lowest BCUT2D eigenvalue weighted by Gasteiger charge is -2.45. The number of aliphatic carboxylic acids is 1. The number of halogens is 2. The van der Waals surface area contributed by atoms with Crippen LogP contribution in [0.5, 0.6) is 0 Å². The van der Waals surface area contributed by atoms with Gasteiger partial charge in [-0.3, -0.25) is 0 Å². The molecule has 27 heavy (non-hydrogen) atoms. The number of carboxylic acid groups (broad SMARTS) is 1. The van der Waals surface area contributed by atoms with Crippen LogP contribution < -0.4 is 5.32 Å². The first-order chi connectivity index (χ1) is 12.1. The van der Waals surface area contributed by atoms with Gasteiger partial charge in [-0.1, -0.05) is 41.5 Å². The molecule has 0 aliphatic rings. The van der Waals surface area contributed by atoms with Crippen molar-refractivity contribution in [1.82, 2.24) is 5.32 Å². The van der Waals surface area contributed by atoms with Gasteiger partial charge in [-0.2, -0.15) is 0 Å². The Morgan fingerprint density at radius 3 is 1.63 bits per heavy atom. The molecule has 2 N–H and O–H groups in total. The number of ether oxygens (including phenoxy) is 1. The summed E-state index contributed by atoms with van der Waals surface area (Å²) in [4.78, 5) is 23.8. The lowest BCUT2D eigenvalue weighted by Crippen LogP contribution is -2.62. The predicted octanol–water partition coefficient (Wildman–Crippen LogP) is 4.79. The van der Waals surface area contributed by atoms with Gasteiger partial charge in [-0.15, -0.1) is 0 Å². The maximum absolute atomic E-state index is 14.3. The molecular formula is C18H35F2NO5Si. The van der Waals surface area contributed by atoms with E-state index < -0.39 is 44.6 Å². The normalized spacial score (nSPS) is 15.4. The van der Waals surface area contributed by atoms with Crippen LogP contribution in [0, 0.1) is 0 Å². The Hall–Kier alpha value is -1.22. The molecule has 0 radical (unpaired) electrons. The molecule has 0 saturated carbocycles. The topological polar surface area (TPSA) is 84.9 Å². The molecule has 160 valence electrons. The van der Waals surface area contributed by atoms with E-state index in [4.69, 9.17) is 9.16 Å². The second-order valence-corrected chi connectivity index (χ2v) is 13.6. The third kappa shape index (κ3) is 6.71. The molecule has 0 aromatic carbocycles. The van der Waals surface area contributed by atoms with Crippen LogP contribution >= 0.6 is 0 Å². The summed E-state index contributed by atoms with van der Waals surface area (Å²) < 4.78 is 39.5. The van der Waals surface area contributed by atoms with Crippen molar-refractivity contribution in [2.75, 3.05) is 0 Å². The monoisotopic (exact) mass is 411 g/mol. The maximum Gasteiger partial charge on any atom is 0.407 e. The minimum atomic E-state index is -3.52. The molecule has 9 heteroatoms. The maximum atomic E-state index is 14.3. The van der Waals surface area contributed by atoms with Gasteiger partial charge in [-0.05, 0) is 30.5 Å². The Morgan fingerprint density at radius 1 is 0.963 bits per heavy atom. The standard InChI is InChI=1S/C18H35F2NO5Si/c1-10(2)25-17(24)21-15(18(9,19)20)14(16(22)23)26-27(11(3)4,12(5)6)13(7)8/h10-15H,1-9H3,(H,21,24)(H,22,23)/t14-,15-/m1/s1. The molecule has 0 spiro atoms. The summed E-state index contributed by atoms with van der Waals surface area (Å²) in [6.45, 7) is 15.2. The van der Waals surface area contributed by atoms with Gasteiger partial charge >= 0.3 is 12.1 Å². The SMILES string of the molecule is CC(C)OC(=O)N[C@H]([C@@H](O[Si](C(C)C)(C(C)C)C(C)C)C(=O)O)C(C)(F)F. The third-order valence-electron chi connectivity index (χ3n) is 4.75. The summed E-state index contributed by atoms with van der Waals surface area (Å²) >= 11 is 0. The van der Waals surface area contributed by atoms with Crippen molar-refractivity contribution in [3.63, 3.8) is 0 Å². The van der Waals surface area contributed by atoms with Crippen molar-refractivity contribution in [3.8, 4) is 0 Å². The molecule has 1 amide bonds.